The molecule has 0 unspecified atom stereocenters. The molecule has 1 aliphatic heterocycles. The van der Waals surface area contributed by atoms with Crippen molar-refractivity contribution in [2.45, 2.75) is 11.4 Å². The molecule has 2 aromatic carbocycles. The smallest absolute Gasteiger partial charge is 0.321 e. The van der Waals surface area contributed by atoms with Gasteiger partial charge in [-0.25, -0.2) is 27.5 Å². The summed E-state index contributed by atoms with van der Waals surface area (Å²) in [4.78, 5) is 33.7. The minimum atomic E-state index is -4.04. The Kier molecular flexibility index (Phi) is 5.21. The molecular formula is C20H15FN4O5S. The molecule has 1 aliphatic rings. The Hall–Kier alpha value is -3.70. The highest BCUT2D eigenvalue weighted by molar-refractivity contribution is 7.89. The third-order valence-corrected chi connectivity index (χ3v) is 6.06. The van der Waals surface area contributed by atoms with Gasteiger partial charge >= 0.3 is 6.01 Å². The van der Waals surface area contributed by atoms with Crippen LogP contribution in [0.3, 0.4) is 0 Å². The molecule has 0 saturated heterocycles. The SMILES string of the molecule is CNS(=O)(=O)c1cccc(CN2C(=O)c3ccc(Oc4ncccn4)cc3C2=O)c1F. The number of hydrogen-bond donors (Lipinski definition) is 1. The Morgan fingerprint density at radius 3 is 2.45 bits per heavy atom. The Bertz CT molecular complexity index is 1300. The minimum Gasteiger partial charge on any atom is -0.424 e. The maximum Gasteiger partial charge on any atom is 0.321 e. The lowest BCUT2D eigenvalue weighted by molar-refractivity contribution is 0.0640. The zero-order valence-electron chi connectivity index (χ0n) is 16.1. The lowest BCUT2D eigenvalue weighted by Crippen LogP contribution is -2.30. The minimum absolute atomic E-state index is 0.0701. The number of imide groups is 1. The van der Waals surface area contributed by atoms with Gasteiger partial charge in [-0.1, -0.05) is 12.1 Å². The number of fused-ring (bicyclic) bond motifs is 1. The summed E-state index contributed by atoms with van der Waals surface area (Å²) in [7, 11) is -2.88. The van der Waals surface area contributed by atoms with Crippen molar-refractivity contribution in [2.75, 3.05) is 7.05 Å². The number of carbonyl (C=O) groups is 2. The fourth-order valence-corrected chi connectivity index (χ4v) is 3.93. The van der Waals surface area contributed by atoms with Gasteiger partial charge in [-0.05, 0) is 37.4 Å². The summed E-state index contributed by atoms with van der Waals surface area (Å²) in [5.74, 6) is -2.05. The van der Waals surface area contributed by atoms with E-state index in [9.17, 15) is 22.4 Å². The summed E-state index contributed by atoms with van der Waals surface area (Å²) in [5.41, 5.74) is 0.101. The summed E-state index contributed by atoms with van der Waals surface area (Å²) in [6.45, 7) is -0.427. The van der Waals surface area contributed by atoms with E-state index in [1.165, 1.54) is 42.7 Å². The first kappa shape index (κ1) is 20.6. The molecule has 0 fully saturated rings. The first-order valence-corrected chi connectivity index (χ1v) is 10.5. The van der Waals surface area contributed by atoms with Crippen LogP contribution in [0.1, 0.15) is 26.3 Å². The number of rotatable bonds is 6. The molecule has 0 atom stereocenters. The predicted molar refractivity (Wildman–Crippen MR) is 105 cm³/mol. The van der Waals surface area contributed by atoms with Crippen molar-refractivity contribution < 1.29 is 27.1 Å². The molecule has 11 heteroatoms. The number of sulfonamides is 1. The molecule has 0 spiro atoms. The lowest BCUT2D eigenvalue weighted by Gasteiger charge is -2.15. The Morgan fingerprint density at radius 1 is 1.03 bits per heavy atom. The van der Waals surface area contributed by atoms with Gasteiger partial charge in [0.1, 0.15) is 16.5 Å². The van der Waals surface area contributed by atoms with Crippen LogP contribution in [-0.4, -0.2) is 42.1 Å². The fourth-order valence-electron chi connectivity index (χ4n) is 3.09. The number of ether oxygens (including phenoxy) is 1. The molecule has 9 nitrogen and oxygen atoms in total. The Labute approximate surface area is 176 Å². The number of nitrogens with one attached hydrogen (secondary N) is 1. The standard InChI is InChI=1S/C20H15FN4O5S/c1-22-31(28,29)16-5-2-4-12(17(16)21)11-25-18(26)14-7-6-13(10-15(14)19(25)27)30-20-23-8-3-9-24-20/h2-10,22H,11H2,1H3. The van der Waals surface area contributed by atoms with Crippen molar-refractivity contribution in [1.29, 1.82) is 0 Å². The number of aromatic nitrogens is 2. The molecule has 2 heterocycles. The third kappa shape index (κ3) is 3.76. The van der Waals surface area contributed by atoms with Gasteiger partial charge in [0, 0.05) is 18.0 Å². The maximum absolute atomic E-state index is 14.8. The van der Waals surface area contributed by atoms with E-state index in [1.54, 1.807) is 6.07 Å². The van der Waals surface area contributed by atoms with E-state index in [2.05, 4.69) is 9.97 Å². The van der Waals surface area contributed by atoms with Gasteiger partial charge in [0.25, 0.3) is 11.8 Å². The molecule has 1 N–H and O–H groups in total. The van der Waals surface area contributed by atoms with Crippen LogP contribution in [-0.2, 0) is 16.6 Å². The molecular weight excluding hydrogens is 427 g/mol. The van der Waals surface area contributed by atoms with Gasteiger partial charge in [0.15, 0.2) is 0 Å². The molecule has 0 aliphatic carbocycles. The predicted octanol–water partition coefficient (Wildman–Crippen LogP) is 2.11. The first-order chi connectivity index (χ1) is 14.8. The highest BCUT2D eigenvalue weighted by atomic mass is 32.2. The first-order valence-electron chi connectivity index (χ1n) is 8.98. The van der Waals surface area contributed by atoms with Crippen LogP contribution in [0.4, 0.5) is 4.39 Å². The van der Waals surface area contributed by atoms with Crippen molar-refractivity contribution in [3.63, 3.8) is 0 Å². The highest BCUT2D eigenvalue weighted by Gasteiger charge is 2.36. The second-order valence-corrected chi connectivity index (χ2v) is 8.33. The molecule has 0 radical (unpaired) electrons. The van der Waals surface area contributed by atoms with Crippen LogP contribution in [0.2, 0.25) is 0 Å². The summed E-state index contributed by atoms with van der Waals surface area (Å²) in [6.07, 6.45) is 2.98. The van der Waals surface area contributed by atoms with Gasteiger partial charge in [-0.15, -0.1) is 0 Å². The van der Waals surface area contributed by atoms with Gasteiger partial charge in [0.05, 0.1) is 17.7 Å². The van der Waals surface area contributed by atoms with E-state index < -0.39 is 39.1 Å². The van der Waals surface area contributed by atoms with E-state index in [0.29, 0.717) is 0 Å². The molecule has 0 bridgehead atoms. The fraction of sp³-hybridized carbons (Fsp3) is 0.100. The van der Waals surface area contributed by atoms with Crippen LogP contribution < -0.4 is 9.46 Å². The summed E-state index contributed by atoms with van der Waals surface area (Å²) < 4.78 is 46.3. The second-order valence-electron chi connectivity index (χ2n) is 6.47. The van der Waals surface area contributed by atoms with Crippen molar-refractivity contribution in [3.8, 4) is 11.8 Å². The molecule has 4 rings (SSSR count). The van der Waals surface area contributed by atoms with Gasteiger partial charge in [-0.2, -0.15) is 0 Å². The molecule has 1 aromatic heterocycles. The summed E-state index contributed by atoms with van der Waals surface area (Å²) >= 11 is 0. The molecule has 2 amide bonds. The molecule has 158 valence electrons. The van der Waals surface area contributed by atoms with Gasteiger partial charge in [-0.3, -0.25) is 14.5 Å². The third-order valence-electron chi connectivity index (χ3n) is 4.62. The number of carbonyl (C=O) groups excluding carboxylic acids is 2. The van der Waals surface area contributed by atoms with Crippen LogP contribution in [0, 0.1) is 5.82 Å². The molecule has 3 aromatic rings. The highest BCUT2D eigenvalue weighted by Crippen LogP contribution is 2.30. The number of hydrogen-bond acceptors (Lipinski definition) is 7. The Balaban J connectivity index is 1.62. The second kappa shape index (κ2) is 7.85. The van der Waals surface area contributed by atoms with E-state index in [4.69, 9.17) is 4.74 Å². The van der Waals surface area contributed by atoms with Gasteiger partial charge in [0.2, 0.25) is 10.0 Å². The average molecular weight is 442 g/mol. The lowest BCUT2D eigenvalue weighted by atomic mass is 10.1. The van der Waals surface area contributed by atoms with E-state index in [-0.39, 0.29) is 28.5 Å². The molecule has 31 heavy (non-hydrogen) atoms. The zero-order valence-corrected chi connectivity index (χ0v) is 16.9. The monoisotopic (exact) mass is 442 g/mol. The quantitative estimate of drug-likeness (QED) is 0.581. The maximum atomic E-state index is 14.8. The number of halogens is 1. The van der Waals surface area contributed by atoms with Crippen molar-refractivity contribution in [2.24, 2.45) is 0 Å². The Morgan fingerprint density at radius 2 is 1.74 bits per heavy atom. The largest absolute Gasteiger partial charge is 0.424 e. The normalized spacial score (nSPS) is 13.4. The van der Waals surface area contributed by atoms with Crippen LogP contribution in [0.15, 0.2) is 59.8 Å². The van der Waals surface area contributed by atoms with E-state index in [0.717, 1.165) is 18.0 Å². The van der Waals surface area contributed by atoms with Crippen LogP contribution >= 0.6 is 0 Å². The van der Waals surface area contributed by atoms with Crippen LogP contribution in [0.25, 0.3) is 0 Å². The summed E-state index contributed by atoms with van der Waals surface area (Å²) in [5, 5.41) is 0. The number of benzene rings is 2. The zero-order chi connectivity index (χ0) is 22.2. The van der Waals surface area contributed by atoms with E-state index >= 15 is 0 Å². The van der Waals surface area contributed by atoms with E-state index in [1.807, 2.05) is 4.72 Å². The summed E-state index contributed by atoms with van der Waals surface area (Å²) in [6, 6.07) is 9.73. The van der Waals surface area contributed by atoms with Crippen molar-refractivity contribution >= 4 is 21.8 Å². The van der Waals surface area contributed by atoms with Crippen LogP contribution in [0.5, 0.6) is 11.8 Å². The number of amides is 2. The average Bonchev–Trinajstić information content (AvgIpc) is 3.00. The topological polar surface area (TPSA) is 119 Å². The van der Waals surface area contributed by atoms with Gasteiger partial charge < -0.3 is 4.74 Å². The molecule has 0 saturated carbocycles. The van der Waals surface area contributed by atoms with Crippen molar-refractivity contribution in [3.05, 3.63) is 77.4 Å². The van der Waals surface area contributed by atoms with Crippen molar-refractivity contribution in [1.82, 2.24) is 19.6 Å². The number of nitrogens with zero attached hydrogens (tertiary/aromatic N) is 3.